The van der Waals surface area contributed by atoms with Crippen molar-refractivity contribution >= 4 is 31.5 Å². The van der Waals surface area contributed by atoms with Crippen LogP contribution in [0.25, 0.3) is 98.6 Å². The lowest BCUT2D eigenvalue weighted by Gasteiger charge is -2.35. The Morgan fingerprint density at radius 2 is 0.903 bits per heavy atom. The van der Waals surface area contributed by atoms with Crippen molar-refractivity contribution in [2.75, 3.05) is 0 Å². The van der Waals surface area contributed by atoms with E-state index in [9.17, 15) is 0 Å². The molecule has 0 amide bonds. The van der Waals surface area contributed by atoms with Crippen LogP contribution in [0.5, 0.6) is 0 Å². The zero-order valence-electron chi connectivity index (χ0n) is 33.5. The summed E-state index contributed by atoms with van der Waals surface area (Å²) in [7, 11) is 0. The fourth-order valence-corrected chi connectivity index (χ4v) is 11.4. The number of nitrogens with zero attached hydrogens (tertiary/aromatic N) is 3. The van der Waals surface area contributed by atoms with Crippen molar-refractivity contribution in [3.63, 3.8) is 0 Å². The Labute approximate surface area is 363 Å². The molecule has 288 valence electrons. The number of thiophene rings is 1. The van der Waals surface area contributed by atoms with Gasteiger partial charge in [0, 0.05) is 49.3 Å². The van der Waals surface area contributed by atoms with Crippen LogP contribution < -0.4 is 0 Å². The van der Waals surface area contributed by atoms with Gasteiger partial charge in [-0.25, -0.2) is 9.97 Å². The number of hydrogen-bond acceptors (Lipinski definition) is 4. The first-order chi connectivity index (χ1) is 30.7. The Kier molecular flexibility index (Phi) is 7.69. The molecule has 3 nitrogen and oxygen atoms in total. The van der Waals surface area contributed by atoms with Crippen molar-refractivity contribution in [2.45, 2.75) is 5.41 Å². The zero-order chi connectivity index (χ0) is 40.8. The summed E-state index contributed by atoms with van der Waals surface area (Å²) >= 11 is 1.88. The standard InChI is InChI=1S/C58H35N3S/c1-2-13-37(14-3-1)53-34-54(38-26-24-36(25-27-38)40-15-12-30-59-35-40)61-57(60-53)39-28-29-45-42-17-5-4-16-41(42)43-18-6-9-21-49(43)58(51(45)31-39)50-22-10-7-19-44(50)47-32-48-46-20-8-11-23-55(46)62-56(48)33-52(47)58/h1-35H. The minimum absolute atomic E-state index is 0.640. The maximum Gasteiger partial charge on any atom is 0.160 e. The molecule has 2 aliphatic rings. The van der Waals surface area contributed by atoms with Crippen LogP contribution in [0, 0.1) is 0 Å². The monoisotopic (exact) mass is 805 g/mol. The molecule has 0 bridgehead atoms. The van der Waals surface area contributed by atoms with Crippen LogP contribution in [0.1, 0.15) is 22.3 Å². The smallest absolute Gasteiger partial charge is 0.160 e. The third-order valence-electron chi connectivity index (χ3n) is 13.0. The van der Waals surface area contributed by atoms with Crippen LogP contribution in [-0.2, 0) is 5.41 Å². The molecule has 1 unspecified atom stereocenters. The van der Waals surface area contributed by atoms with Gasteiger partial charge in [0.25, 0.3) is 0 Å². The van der Waals surface area contributed by atoms with Crippen molar-refractivity contribution < 1.29 is 0 Å². The molecule has 8 aromatic carbocycles. The van der Waals surface area contributed by atoms with Crippen LogP contribution in [0.2, 0.25) is 0 Å². The number of aromatic nitrogens is 3. The first-order valence-corrected chi connectivity index (χ1v) is 21.9. The van der Waals surface area contributed by atoms with E-state index in [1.165, 1.54) is 75.8 Å². The van der Waals surface area contributed by atoms with E-state index in [-0.39, 0.29) is 0 Å². The molecule has 0 radical (unpaired) electrons. The van der Waals surface area contributed by atoms with Crippen molar-refractivity contribution in [1.29, 1.82) is 0 Å². The molecule has 62 heavy (non-hydrogen) atoms. The molecule has 4 heteroatoms. The first kappa shape index (κ1) is 35.0. The van der Waals surface area contributed by atoms with Crippen molar-refractivity contribution in [2.24, 2.45) is 0 Å². The third kappa shape index (κ3) is 5.14. The maximum atomic E-state index is 5.41. The van der Waals surface area contributed by atoms with Crippen molar-refractivity contribution in [3.05, 3.63) is 235 Å². The second-order valence-electron chi connectivity index (χ2n) is 16.3. The summed E-state index contributed by atoms with van der Waals surface area (Å²) in [5, 5.41) is 2.62. The average molecular weight is 806 g/mol. The number of benzene rings is 8. The molecule has 0 saturated heterocycles. The second-order valence-corrected chi connectivity index (χ2v) is 17.4. The molecule has 11 aromatic rings. The highest BCUT2D eigenvalue weighted by molar-refractivity contribution is 7.25. The fraction of sp³-hybridized carbons (Fsp3) is 0.0172. The van der Waals surface area contributed by atoms with E-state index in [4.69, 9.17) is 9.97 Å². The summed E-state index contributed by atoms with van der Waals surface area (Å²) in [5.74, 6) is 0.688. The Morgan fingerprint density at radius 3 is 1.63 bits per heavy atom. The van der Waals surface area contributed by atoms with Crippen LogP contribution in [-0.4, -0.2) is 15.0 Å². The molecule has 0 saturated carbocycles. The summed E-state index contributed by atoms with van der Waals surface area (Å²) in [6, 6.07) is 73.2. The van der Waals surface area contributed by atoms with E-state index in [0.717, 1.165) is 39.2 Å². The van der Waals surface area contributed by atoms with Crippen LogP contribution in [0.15, 0.2) is 213 Å². The molecule has 0 aliphatic heterocycles. The van der Waals surface area contributed by atoms with E-state index in [1.807, 2.05) is 29.8 Å². The largest absolute Gasteiger partial charge is 0.264 e. The Bertz CT molecular complexity index is 3570. The molecule has 2 aliphatic carbocycles. The fourth-order valence-electron chi connectivity index (χ4n) is 10.3. The van der Waals surface area contributed by atoms with Gasteiger partial charge in [-0.05, 0) is 103 Å². The highest BCUT2D eigenvalue weighted by Gasteiger charge is 2.50. The van der Waals surface area contributed by atoms with E-state index >= 15 is 0 Å². The van der Waals surface area contributed by atoms with Gasteiger partial charge in [0.15, 0.2) is 5.82 Å². The average Bonchev–Trinajstić information content (AvgIpc) is 3.82. The summed E-state index contributed by atoms with van der Waals surface area (Å²) in [5.41, 5.74) is 19.0. The lowest BCUT2D eigenvalue weighted by molar-refractivity contribution is 0.777. The van der Waals surface area contributed by atoms with Gasteiger partial charge >= 0.3 is 0 Å². The molecule has 13 rings (SSSR count). The lowest BCUT2D eigenvalue weighted by Crippen LogP contribution is -2.29. The molecule has 0 fully saturated rings. The highest BCUT2D eigenvalue weighted by atomic mass is 32.1. The van der Waals surface area contributed by atoms with Gasteiger partial charge in [-0.2, -0.15) is 0 Å². The summed E-state index contributed by atoms with van der Waals surface area (Å²) < 4.78 is 2.61. The SMILES string of the molecule is c1ccc(-c2cc(-c3ccc(-c4cccnc4)cc3)nc(-c3ccc4c(c3)C3(c5ccccc5-c5ccccc5-4)c4ccccc4-c4cc5c(cc43)sc3ccccc35)n2)cc1. The van der Waals surface area contributed by atoms with Gasteiger partial charge in [-0.1, -0.05) is 164 Å². The van der Waals surface area contributed by atoms with E-state index in [2.05, 4.69) is 199 Å². The van der Waals surface area contributed by atoms with Gasteiger partial charge in [0.1, 0.15) is 0 Å². The lowest BCUT2D eigenvalue weighted by atomic mass is 9.65. The first-order valence-electron chi connectivity index (χ1n) is 21.1. The van der Waals surface area contributed by atoms with E-state index in [1.54, 1.807) is 0 Å². The third-order valence-corrected chi connectivity index (χ3v) is 14.2. The van der Waals surface area contributed by atoms with Crippen molar-refractivity contribution in [1.82, 2.24) is 15.0 Å². The summed E-state index contributed by atoms with van der Waals surface area (Å²) in [6.45, 7) is 0. The maximum absolute atomic E-state index is 5.41. The van der Waals surface area contributed by atoms with Crippen LogP contribution in [0.4, 0.5) is 0 Å². The minimum Gasteiger partial charge on any atom is -0.264 e. The summed E-state index contributed by atoms with van der Waals surface area (Å²) in [4.78, 5) is 15.1. The second kappa shape index (κ2) is 13.6. The number of rotatable bonds is 4. The van der Waals surface area contributed by atoms with Gasteiger partial charge in [0.2, 0.25) is 0 Å². The van der Waals surface area contributed by atoms with Crippen LogP contribution >= 0.6 is 11.3 Å². The minimum atomic E-state index is -0.640. The van der Waals surface area contributed by atoms with E-state index in [0.29, 0.717) is 5.82 Å². The predicted octanol–water partition coefficient (Wildman–Crippen LogP) is 14.9. The highest BCUT2D eigenvalue weighted by Crippen LogP contribution is 2.62. The quantitative estimate of drug-likeness (QED) is 0.178. The number of hydrogen-bond donors (Lipinski definition) is 0. The normalized spacial score (nSPS) is 14.5. The van der Waals surface area contributed by atoms with E-state index < -0.39 is 5.41 Å². The van der Waals surface area contributed by atoms with Gasteiger partial charge < -0.3 is 0 Å². The molecule has 3 aromatic heterocycles. The molecule has 3 heterocycles. The van der Waals surface area contributed by atoms with Gasteiger partial charge in [-0.15, -0.1) is 11.3 Å². The summed E-state index contributed by atoms with van der Waals surface area (Å²) in [6.07, 6.45) is 3.71. The Balaban J connectivity index is 1.10. The molecule has 1 spiro atoms. The van der Waals surface area contributed by atoms with Crippen LogP contribution in [0.3, 0.4) is 0 Å². The number of pyridine rings is 1. The van der Waals surface area contributed by atoms with Gasteiger partial charge in [-0.3, -0.25) is 4.98 Å². The zero-order valence-corrected chi connectivity index (χ0v) is 34.3. The molecule has 1 atom stereocenters. The Morgan fingerprint density at radius 1 is 0.339 bits per heavy atom. The van der Waals surface area contributed by atoms with Crippen molar-refractivity contribution in [3.8, 4) is 78.4 Å². The number of fused-ring (bicyclic) bond motifs is 15. The molecular weight excluding hydrogens is 771 g/mol. The molecular formula is C58H35N3S. The Hall–Kier alpha value is -7.79. The predicted molar refractivity (Wildman–Crippen MR) is 256 cm³/mol. The topological polar surface area (TPSA) is 38.7 Å². The molecule has 0 N–H and O–H groups in total. The van der Waals surface area contributed by atoms with Gasteiger partial charge in [0.05, 0.1) is 16.8 Å².